The van der Waals surface area contributed by atoms with Crippen LogP contribution in [0.3, 0.4) is 0 Å². The van der Waals surface area contributed by atoms with Crippen molar-refractivity contribution in [1.82, 2.24) is 0 Å². The summed E-state index contributed by atoms with van der Waals surface area (Å²) in [5.74, 6) is 0.618. The molecule has 44 valence electrons. The Morgan fingerprint density at radius 2 is 2.38 bits per heavy atom. The average molecular weight is 126 g/mol. The van der Waals surface area contributed by atoms with Gasteiger partial charge in [0.15, 0.2) is 0 Å². The van der Waals surface area contributed by atoms with Crippen molar-refractivity contribution < 1.29 is 0 Å². The summed E-state index contributed by atoms with van der Waals surface area (Å²) < 4.78 is 0. The van der Waals surface area contributed by atoms with Gasteiger partial charge in [0.25, 0.3) is 0 Å². The topological polar surface area (TPSA) is 0 Å². The van der Waals surface area contributed by atoms with Gasteiger partial charge in [0.05, 0.1) is 0 Å². The largest absolute Gasteiger partial charge is 0.122 e. The third kappa shape index (κ3) is 4.40. The first-order valence-corrected chi connectivity index (χ1v) is 3.47. The predicted molar refractivity (Wildman–Crippen MR) is 43.0 cm³/mol. The van der Waals surface area contributed by atoms with Crippen molar-refractivity contribution >= 4 is 17.1 Å². The van der Waals surface area contributed by atoms with Gasteiger partial charge in [0, 0.05) is 0 Å². The molecule has 0 nitrogen and oxygen atoms in total. The Morgan fingerprint density at radius 1 is 1.88 bits per heavy atom. The smallest absolute Gasteiger partial charge is 0.113 e. The Kier molecular flexibility index (Phi) is 4.27. The molecule has 0 bridgehead atoms. The zero-order chi connectivity index (χ0) is 6.57. The molecule has 0 spiro atoms. The highest BCUT2D eigenvalue weighted by Gasteiger charge is 1.89. The van der Waals surface area contributed by atoms with E-state index in [1.54, 1.807) is 0 Å². The van der Waals surface area contributed by atoms with Gasteiger partial charge in [-0.1, -0.05) is 26.3 Å². The van der Waals surface area contributed by atoms with E-state index in [1.165, 1.54) is 0 Å². The van der Waals surface area contributed by atoms with E-state index in [0.717, 1.165) is 11.6 Å². The molecule has 0 aromatic carbocycles. The summed E-state index contributed by atoms with van der Waals surface area (Å²) in [4.78, 5) is 0. The first kappa shape index (κ1) is 8.23. The minimum atomic E-state index is 0.618. The van der Waals surface area contributed by atoms with Crippen molar-refractivity contribution in [3.8, 4) is 0 Å². The molecule has 2 radical (unpaired) electrons. The molecule has 0 aliphatic carbocycles. The highest BCUT2D eigenvalue weighted by molar-refractivity contribution is 7.26. The van der Waals surface area contributed by atoms with Crippen LogP contribution in [-0.4, -0.2) is 7.85 Å². The molecule has 0 amide bonds. The summed E-state index contributed by atoms with van der Waals surface area (Å²) in [6, 6.07) is 0. The maximum Gasteiger partial charge on any atom is 0.113 e. The van der Waals surface area contributed by atoms with Crippen LogP contribution in [0.5, 0.6) is 0 Å². The fourth-order valence-corrected chi connectivity index (χ4v) is 0.775. The van der Waals surface area contributed by atoms with Crippen LogP contribution >= 0.6 is 9.24 Å². The van der Waals surface area contributed by atoms with E-state index >= 15 is 0 Å². The fraction of sp³-hybridized carbons (Fsp3) is 0.667. The number of hydrogen-bond donors (Lipinski definition) is 0. The third-order valence-corrected chi connectivity index (χ3v) is 1.31. The maximum absolute atomic E-state index is 5.39. The summed E-state index contributed by atoms with van der Waals surface area (Å²) in [7, 11) is 7.86. The Labute approximate surface area is 55.4 Å². The fourth-order valence-electron chi connectivity index (χ4n) is 0.446. The summed E-state index contributed by atoms with van der Waals surface area (Å²) in [6.07, 6.45) is 3.21. The summed E-state index contributed by atoms with van der Waals surface area (Å²) in [6.45, 7) is 4.30. The number of hydrogen-bond acceptors (Lipinski definition) is 0. The standard InChI is InChI=1S/C6H12BP/c1-3-5(2)4-6(7)8/h4-5H,3,8H2,1-2H3/b6-4+/t5-/m0/s1. The van der Waals surface area contributed by atoms with E-state index in [4.69, 9.17) is 7.85 Å². The molecular weight excluding hydrogens is 114 g/mol. The van der Waals surface area contributed by atoms with Crippen LogP contribution in [0.15, 0.2) is 11.3 Å². The van der Waals surface area contributed by atoms with Crippen LogP contribution in [0.25, 0.3) is 0 Å². The lowest BCUT2D eigenvalue weighted by Gasteiger charge is -1.99. The molecule has 0 aliphatic heterocycles. The van der Waals surface area contributed by atoms with Gasteiger partial charge in [0.2, 0.25) is 0 Å². The second-order valence-corrected chi connectivity index (χ2v) is 2.72. The van der Waals surface area contributed by atoms with Crippen LogP contribution in [0.1, 0.15) is 20.3 Å². The molecule has 0 aromatic heterocycles. The van der Waals surface area contributed by atoms with Crippen LogP contribution in [0.4, 0.5) is 0 Å². The number of rotatable bonds is 2. The molecule has 2 heteroatoms. The maximum atomic E-state index is 5.39. The van der Waals surface area contributed by atoms with Crippen molar-refractivity contribution in [2.24, 2.45) is 5.92 Å². The highest BCUT2D eigenvalue weighted by atomic mass is 31.0. The molecule has 0 fully saturated rings. The van der Waals surface area contributed by atoms with Gasteiger partial charge in [-0.05, 0) is 5.92 Å². The Balaban J connectivity index is 3.51. The van der Waals surface area contributed by atoms with Crippen molar-refractivity contribution in [1.29, 1.82) is 0 Å². The van der Waals surface area contributed by atoms with Gasteiger partial charge in [-0.15, -0.1) is 14.5 Å². The normalized spacial score (nSPS) is 16.1. The molecule has 0 aliphatic rings. The Morgan fingerprint density at radius 3 is 2.50 bits per heavy atom. The molecule has 2 atom stereocenters. The van der Waals surface area contributed by atoms with E-state index in [1.807, 2.05) is 6.08 Å². The van der Waals surface area contributed by atoms with Gasteiger partial charge in [-0.3, -0.25) is 0 Å². The molecule has 0 heterocycles. The molecular formula is C6H12BP. The first-order valence-electron chi connectivity index (χ1n) is 2.89. The van der Waals surface area contributed by atoms with Crippen LogP contribution in [-0.2, 0) is 0 Å². The van der Waals surface area contributed by atoms with Crippen LogP contribution in [0, 0.1) is 5.92 Å². The second kappa shape index (κ2) is 4.15. The molecule has 1 unspecified atom stereocenters. The number of allylic oxidation sites excluding steroid dienone is 1. The zero-order valence-electron chi connectivity index (χ0n) is 5.52. The van der Waals surface area contributed by atoms with Crippen LogP contribution < -0.4 is 0 Å². The average Bonchev–Trinajstić information content (AvgIpc) is 1.65. The monoisotopic (exact) mass is 126 g/mol. The van der Waals surface area contributed by atoms with Crippen molar-refractivity contribution in [3.05, 3.63) is 11.3 Å². The molecule has 0 rings (SSSR count). The first-order chi connectivity index (χ1) is 3.66. The van der Waals surface area contributed by atoms with Gasteiger partial charge in [-0.25, -0.2) is 0 Å². The molecule has 0 aromatic rings. The SMILES string of the molecule is [B]/C(P)=C\[C@@H](C)CC. The summed E-state index contributed by atoms with van der Waals surface area (Å²) in [5.41, 5.74) is 0. The predicted octanol–water partition coefficient (Wildman–Crippen LogP) is 1.92. The van der Waals surface area contributed by atoms with E-state index in [0.29, 0.717) is 5.92 Å². The van der Waals surface area contributed by atoms with Gasteiger partial charge >= 0.3 is 0 Å². The van der Waals surface area contributed by atoms with Crippen molar-refractivity contribution in [2.45, 2.75) is 20.3 Å². The lowest BCUT2D eigenvalue weighted by molar-refractivity contribution is 0.698. The second-order valence-electron chi connectivity index (χ2n) is 2.05. The van der Waals surface area contributed by atoms with Gasteiger partial charge in [-0.2, -0.15) is 0 Å². The highest BCUT2D eigenvalue weighted by Crippen LogP contribution is 2.08. The molecule has 0 saturated heterocycles. The lowest BCUT2D eigenvalue weighted by Crippen LogP contribution is -1.85. The quantitative estimate of drug-likeness (QED) is 0.391. The van der Waals surface area contributed by atoms with Crippen molar-refractivity contribution in [3.63, 3.8) is 0 Å². The minimum absolute atomic E-state index is 0.618. The summed E-state index contributed by atoms with van der Waals surface area (Å²) >= 11 is 0. The van der Waals surface area contributed by atoms with E-state index in [-0.39, 0.29) is 0 Å². The van der Waals surface area contributed by atoms with Gasteiger partial charge < -0.3 is 0 Å². The van der Waals surface area contributed by atoms with Gasteiger partial charge in [0.1, 0.15) is 7.85 Å². The Bertz CT molecular complexity index is 84.5. The zero-order valence-corrected chi connectivity index (χ0v) is 6.67. The van der Waals surface area contributed by atoms with E-state index in [9.17, 15) is 0 Å². The van der Waals surface area contributed by atoms with E-state index < -0.39 is 0 Å². The lowest BCUT2D eigenvalue weighted by atomic mass is 10.0. The van der Waals surface area contributed by atoms with Crippen molar-refractivity contribution in [2.75, 3.05) is 0 Å². The van der Waals surface area contributed by atoms with E-state index in [2.05, 4.69) is 23.1 Å². The molecule has 0 N–H and O–H groups in total. The third-order valence-electron chi connectivity index (χ3n) is 1.12. The summed E-state index contributed by atoms with van der Waals surface area (Å²) in [5, 5.41) is 0.847. The molecule has 8 heavy (non-hydrogen) atoms. The Hall–Kier alpha value is 0.235. The minimum Gasteiger partial charge on any atom is -0.122 e. The molecule has 0 saturated carbocycles. The van der Waals surface area contributed by atoms with Crippen LogP contribution in [0.2, 0.25) is 0 Å².